The summed E-state index contributed by atoms with van der Waals surface area (Å²) in [5.41, 5.74) is 0.670. The average molecular weight is 403 g/mol. The Balaban J connectivity index is 1.28. The van der Waals surface area contributed by atoms with Crippen LogP contribution in [-0.2, 0) is 10.0 Å². The van der Waals surface area contributed by atoms with E-state index in [-0.39, 0.29) is 23.3 Å². The molecule has 3 heterocycles. The molecule has 3 aromatic rings. The maximum Gasteiger partial charge on any atom is 0.245 e. The molecule has 0 unspecified atom stereocenters. The molecule has 0 saturated carbocycles. The zero-order valence-corrected chi connectivity index (χ0v) is 15.6. The summed E-state index contributed by atoms with van der Waals surface area (Å²) < 4.78 is 48.9. The van der Waals surface area contributed by atoms with Crippen molar-refractivity contribution in [2.45, 2.75) is 23.8 Å². The third-order valence-corrected chi connectivity index (χ3v) is 6.84. The highest BCUT2D eigenvalue weighted by molar-refractivity contribution is 7.89. The molecular formula is C18H17N3O6S. The van der Waals surface area contributed by atoms with Gasteiger partial charge in [0.1, 0.15) is 22.3 Å². The van der Waals surface area contributed by atoms with E-state index in [0.29, 0.717) is 48.7 Å². The number of hydrogen-bond acceptors (Lipinski definition) is 8. The van der Waals surface area contributed by atoms with Crippen LogP contribution in [0.3, 0.4) is 0 Å². The Kier molecular flexibility index (Phi) is 4.09. The molecule has 0 atom stereocenters. The van der Waals surface area contributed by atoms with Gasteiger partial charge in [0, 0.05) is 19.2 Å². The molecule has 1 aromatic heterocycles. The highest BCUT2D eigenvalue weighted by Crippen LogP contribution is 2.36. The first-order valence-corrected chi connectivity index (χ1v) is 10.3. The van der Waals surface area contributed by atoms with Crippen molar-refractivity contribution in [2.24, 2.45) is 0 Å². The molecule has 0 bridgehead atoms. The fraction of sp³-hybridized carbons (Fsp3) is 0.333. The number of ether oxygens (including phenoxy) is 3. The summed E-state index contributed by atoms with van der Waals surface area (Å²) >= 11 is 0. The minimum atomic E-state index is -3.68. The smallest absolute Gasteiger partial charge is 0.245 e. The number of sulfonamides is 1. The van der Waals surface area contributed by atoms with Crippen molar-refractivity contribution in [3.8, 4) is 17.2 Å². The second kappa shape index (κ2) is 6.64. The summed E-state index contributed by atoms with van der Waals surface area (Å²) in [4.78, 5) is 0.112. The van der Waals surface area contributed by atoms with E-state index in [2.05, 4.69) is 14.9 Å². The van der Waals surface area contributed by atoms with Gasteiger partial charge >= 0.3 is 0 Å². The van der Waals surface area contributed by atoms with Gasteiger partial charge in [-0.3, -0.25) is 0 Å². The molecular weight excluding hydrogens is 386 g/mol. The summed E-state index contributed by atoms with van der Waals surface area (Å²) in [6, 6.07) is 10.3. The quantitative estimate of drug-likeness (QED) is 0.653. The molecule has 0 amide bonds. The number of rotatable bonds is 4. The van der Waals surface area contributed by atoms with Crippen LogP contribution in [0.4, 0.5) is 0 Å². The van der Waals surface area contributed by atoms with Crippen molar-refractivity contribution in [1.29, 1.82) is 0 Å². The maximum atomic E-state index is 13.0. The van der Waals surface area contributed by atoms with Crippen LogP contribution in [0.5, 0.6) is 17.2 Å². The van der Waals surface area contributed by atoms with Crippen LogP contribution in [0.25, 0.3) is 11.0 Å². The highest BCUT2D eigenvalue weighted by atomic mass is 32.2. The maximum absolute atomic E-state index is 13.0. The largest absolute Gasteiger partial charge is 0.490 e. The Morgan fingerprint density at radius 1 is 1.04 bits per heavy atom. The molecule has 146 valence electrons. The van der Waals surface area contributed by atoms with E-state index in [9.17, 15) is 8.42 Å². The minimum Gasteiger partial charge on any atom is -0.490 e. The van der Waals surface area contributed by atoms with E-state index >= 15 is 0 Å². The van der Waals surface area contributed by atoms with E-state index in [4.69, 9.17) is 14.2 Å². The lowest BCUT2D eigenvalue weighted by Gasteiger charge is -2.31. The van der Waals surface area contributed by atoms with Crippen LogP contribution in [0, 0.1) is 0 Å². The number of piperidine rings is 1. The minimum absolute atomic E-state index is 0.0728. The van der Waals surface area contributed by atoms with Crippen LogP contribution in [0.2, 0.25) is 0 Å². The van der Waals surface area contributed by atoms with Crippen molar-refractivity contribution in [3.63, 3.8) is 0 Å². The first kappa shape index (κ1) is 17.3. The topological polar surface area (TPSA) is 104 Å². The standard InChI is InChI=1S/C18H17N3O6S/c22-28(23,17-3-1-2-14-18(17)20-27-19-14)21-8-6-12(7-9-21)26-13-4-5-15-16(10-13)25-11-24-15/h1-5,10,12H,6-9,11H2. The molecule has 5 rings (SSSR count). The molecule has 0 radical (unpaired) electrons. The number of aromatic nitrogens is 2. The summed E-state index contributed by atoms with van der Waals surface area (Å²) in [6.45, 7) is 0.932. The van der Waals surface area contributed by atoms with Crippen LogP contribution < -0.4 is 14.2 Å². The Morgan fingerprint density at radius 3 is 2.71 bits per heavy atom. The molecule has 0 spiro atoms. The van der Waals surface area contributed by atoms with Gasteiger partial charge in [-0.25, -0.2) is 13.0 Å². The van der Waals surface area contributed by atoms with Crippen LogP contribution in [-0.4, -0.2) is 49.0 Å². The molecule has 9 nitrogen and oxygen atoms in total. The van der Waals surface area contributed by atoms with E-state index < -0.39 is 10.0 Å². The van der Waals surface area contributed by atoms with Gasteiger partial charge in [-0.15, -0.1) is 0 Å². The lowest BCUT2D eigenvalue weighted by atomic mass is 10.1. The predicted molar refractivity (Wildman–Crippen MR) is 96.8 cm³/mol. The Hall–Kier alpha value is -2.85. The van der Waals surface area contributed by atoms with Gasteiger partial charge in [0.25, 0.3) is 0 Å². The predicted octanol–water partition coefficient (Wildman–Crippen LogP) is 2.18. The fourth-order valence-corrected chi connectivity index (χ4v) is 5.07. The average Bonchev–Trinajstić information content (AvgIpc) is 3.37. The van der Waals surface area contributed by atoms with Crippen molar-refractivity contribution < 1.29 is 27.3 Å². The zero-order chi connectivity index (χ0) is 19.1. The second-order valence-electron chi connectivity index (χ2n) is 6.62. The summed E-state index contributed by atoms with van der Waals surface area (Å²) in [7, 11) is -3.68. The van der Waals surface area contributed by atoms with Gasteiger partial charge in [0.05, 0.1) is 0 Å². The van der Waals surface area contributed by atoms with Gasteiger partial charge < -0.3 is 14.2 Å². The SMILES string of the molecule is O=S(=O)(c1cccc2nonc12)N1CCC(Oc2ccc3c(c2)OCO3)CC1. The number of benzene rings is 2. The molecule has 28 heavy (non-hydrogen) atoms. The van der Waals surface area contributed by atoms with Crippen molar-refractivity contribution >= 4 is 21.1 Å². The zero-order valence-electron chi connectivity index (χ0n) is 14.8. The van der Waals surface area contributed by atoms with Gasteiger partial charge in [0.2, 0.25) is 16.8 Å². The normalized spacial score (nSPS) is 17.9. The molecule has 1 fully saturated rings. The Labute approximate surface area is 160 Å². The molecule has 2 aromatic carbocycles. The third kappa shape index (κ3) is 2.94. The van der Waals surface area contributed by atoms with Gasteiger partial charge in [0.15, 0.2) is 17.0 Å². The molecule has 10 heteroatoms. The number of hydrogen-bond donors (Lipinski definition) is 0. The lowest BCUT2D eigenvalue weighted by molar-refractivity contribution is 0.134. The third-order valence-electron chi connectivity index (χ3n) is 4.91. The molecule has 2 aliphatic heterocycles. The van der Waals surface area contributed by atoms with Crippen molar-refractivity contribution in [2.75, 3.05) is 19.9 Å². The van der Waals surface area contributed by atoms with Crippen molar-refractivity contribution in [1.82, 2.24) is 14.6 Å². The number of fused-ring (bicyclic) bond motifs is 2. The van der Waals surface area contributed by atoms with E-state index in [1.165, 1.54) is 10.4 Å². The van der Waals surface area contributed by atoms with E-state index in [0.717, 1.165) is 0 Å². The van der Waals surface area contributed by atoms with Crippen LogP contribution in [0.15, 0.2) is 45.9 Å². The Bertz CT molecular complexity index is 1120. The summed E-state index contributed by atoms with van der Waals surface area (Å²) in [5, 5.41) is 7.45. The summed E-state index contributed by atoms with van der Waals surface area (Å²) in [5.74, 6) is 2.04. The number of nitrogens with zero attached hydrogens (tertiary/aromatic N) is 3. The first-order valence-electron chi connectivity index (χ1n) is 8.89. The Morgan fingerprint density at radius 2 is 1.86 bits per heavy atom. The van der Waals surface area contributed by atoms with Gasteiger partial charge in [-0.2, -0.15) is 4.31 Å². The monoisotopic (exact) mass is 403 g/mol. The summed E-state index contributed by atoms with van der Waals surface area (Å²) in [6.07, 6.45) is 1.10. The highest BCUT2D eigenvalue weighted by Gasteiger charge is 2.32. The lowest BCUT2D eigenvalue weighted by Crippen LogP contribution is -2.41. The molecule has 0 N–H and O–H groups in total. The van der Waals surface area contributed by atoms with Crippen LogP contribution >= 0.6 is 0 Å². The van der Waals surface area contributed by atoms with Gasteiger partial charge in [-0.1, -0.05) is 6.07 Å². The van der Waals surface area contributed by atoms with E-state index in [1.54, 1.807) is 18.2 Å². The second-order valence-corrected chi connectivity index (χ2v) is 8.53. The molecule has 2 aliphatic rings. The van der Waals surface area contributed by atoms with Crippen molar-refractivity contribution in [3.05, 3.63) is 36.4 Å². The van der Waals surface area contributed by atoms with Gasteiger partial charge in [-0.05, 0) is 47.4 Å². The first-order chi connectivity index (χ1) is 13.6. The molecule has 0 aliphatic carbocycles. The molecule has 1 saturated heterocycles. The van der Waals surface area contributed by atoms with E-state index in [1.807, 2.05) is 12.1 Å². The van der Waals surface area contributed by atoms with Crippen LogP contribution in [0.1, 0.15) is 12.8 Å². The fourth-order valence-electron chi connectivity index (χ4n) is 3.46.